The van der Waals surface area contributed by atoms with E-state index in [0.29, 0.717) is 0 Å². The van der Waals surface area contributed by atoms with E-state index in [1.165, 1.54) is 77.0 Å². The van der Waals surface area contributed by atoms with Crippen LogP contribution in [0.15, 0.2) is 16.4 Å². The Bertz CT molecular complexity index is 1050. The van der Waals surface area contributed by atoms with Crippen molar-refractivity contribution >= 4 is 51.9 Å². The molecule has 15 heteroatoms. The lowest BCUT2D eigenvalue weighted by Gasteiger charge is -2.49. The topological polar surface area (TPSA) is 184 Å². The van der Waals surface area contributed by atoms with Crippen molar-refractivity contribution in [2.24, 2.45) is 5.16 Å². The second kappa shape index (κ2) is 17.1. The Balaban J connectivity index is 0.000000366. The van der Waals surface area contributed by atoms with E-state index in [1.54, 1.807) is 0 Å². The Hall–Kier alpha value is -2.75. The van der Waals surface area contributed by atoms with Gasteiger partial charge in [-0.3, -0.25) is 14.5 Å². The number of nitrogens with two attached hydrogens (primary N) is 1. The molecule has 2 aliphatic heterocycles. The van der Waals surface area contributed by atoms with E-state index < -0.39 is 35.8 Å². The SMILES string of the molecule is CCCCN(CCCC)CCCC.CO/N=C(\C(=O)NC1C(=O)N2C(C(=O)O)=C(CO)CS[C@@H]12)c1nsc(N)n1. The van der Waals surface area contributed by atoms with Crippen molar-refractivity contribution < 1.29 is 29.4 Å². The van der Waals surface area contributed by atoms with Gasteiger partial charge in [0, 0.05) is 17.3 Å². The number of carbonyl (C=O) groups is 3. The fourth-order valence-corrected chi connectivity index (χ4v) is 5.87. The molecule has 1 unspecified atom stereocenters. The number of amides is 2. The zero-order valence-corrected chi connectivity index (χ0v) is 25.2. The smallest absolute Gasteiger partial charge is 0.352 e. The number of anilines is 1. The number of aliphatic carboxylic acids is 1. The number of nitrogen functional groups attached to an aromatic ring is 1. The molecule has 2 amide bonds. The summed E-state index contributed by atoms with van der Waals surface area (Å²) in [5.41, 5.74) is 5.23. The van der Waals surface area contributed by atoms with Crippen LogP contribution < -0.4 is 11.1 Å². The third kappa shape index (κ3) is 8.88. The van der Waals surface area contributed by atoms with E-state index in [0.717, 1.165) is 16.4 Å². The zero-order valence-electron chi connectivity index (χ0n) is 23.6. The second-order valence-electron chi connectivity index (χ2n) is 9.26. The number of nitrogens with zero attached hydrogens (tertiary/aromatic N) is 5. The fraction of sp³-hybridized carbons (Fsp3) is 0.680. The number of hydrogen-bond donors (Lipinski definition) is 4. The molecule has 2 atom stereocenters. The molecule has 1 aromatic rings. The van der Waals surface area contributed by atoms with Crippen LogP contribution >= 0.6 is 23.3 Å². The predicted molar refractivity (Wildman–Crippen MR) is 156 cm³/mol. The molecule has 0 spiro atoms. The Morgan fingerprint density at radius 1 is 1.18 bits per heavy atom. The van der Waals surface area contributed by atoms with Crippen LogP contribution in [0, 0.1) is 0 Å². The molecule has 3 heterocycles. The van der Waals surface area contributed by atoms with Crippen LogP contribution in [0.3, 0.4) is 0 Å². The van der Waals surface area contributed by atoms with E-state index in [1.807, 2.05) is 0 Å². The lowest BCUT2D eigenvalue weighted by Crippen LogP contribution is -2.71. The summed E-state index contributed by atoms with van der Waals surface area (Å²) in [5.74, 6) is -2.51. The number of hydrogen-bond acceptors (Lipinski definition) is 12. The minimum atomic E-state index is -1.31. The number of nitrogens with one attached hydrogen (secondary N) is 1. The summed E-state index contributed by atoms with van der Waals surface area (Å²) in [6, 6.07) is -0.963. The summed E-state index contributed by atoms with van der Waals surface area (Å²) in [6.07, 6.45) is 8.09. The third-order valence-electron chi connectivity index (χ3n) is 6.26. The van der Waals surface area contributed by atoms with Gasteiger partial charge in [-0.05, 0) is 44.5 Å². The van der Waals surface area contributed by atoms with Gasteiger partial charge in [0.05, 0.1) is 6.61 Å². The number of aliphatic hydroxyl groups excluding tert-OH is 1. The first-order valence-corrected chi connectivity index (χ1v) is 15.3. The van der Waals surface area contributed by atoms with Crippen LogP contribution in [0.5, 0.6) is 0 Å². The number of aliphatic hydroxyl groups is 1. The summed E-state index contributed by atoms with van der Waals surface area (Å²) in [5, 5.41) is 24.2. The van der Waals surface area contributed by atoms with Crippen molar-refractivity contribution in [1.29, 1.82) is 0 Å². The van der Waals surface area contributed by atoms with Gasteiger partial charge in [-0.2, -0.15) is 9.36 Å². The Morgan fingerprint density at radius 2 is 1.77 bits per heavy atom. The number of fused-ring (bicyclic) bond motifs is 1. The Labute approximate surface area is 243 Å². The quantitative estimate of drug-likeness (QED) is 0.131. The first kappa shape index (κ1) is 33.5. The highest BCUT2D eigenvalue weighted by Gasteiger charge is 2.54. The number of carboxylic acids is 1. The highest BCUT2D eigenvalue weighted by molar-refractivity contribution is 8.00. The number of unbranched alkanes of at least 4 members (excludes halogenated alkanes) is 3. The van der Waals surface area contributed by atoms with Crippen molar-refractivity contribution in [1.82, 2.24) is 24.5 Å². The van der Waals surface area contributed by atoms with Gasteiger partial charge in [0.1, 0.15) is 24.2 Å². The normalized spacial score (nSPS) is 18.6. The Morgan fingerprint density at radius 3 is 2.23 bits per heavy atom. The van der Waals surface area contributed by atoms with Gasteiger partial charge in [-0.15, -0.1) is 11.8 Å². The van der Waals surface area contributed by atoms with E-state index in [2.05, 4.69) is 50.3 Å². The lowest BCUT2D eigenvalue weighted by atomic mass is 10.0. The Kier molecular flexibility index (Phi) is 14.3. The molecule has 0 aromatic carbocycles. The molecule has 224 valence electrons. The van der Waals surface area contributed by atoms with E-state index in [9.17, 15) is 24.6 Å². The van der Waals surface area contributed by atoms with Crippen LogP contribution in [0.4, 0.5) is 5.13 Å². The average molecular weight is 600 g/mol. The molecular formula is C25H41N7O6S2. The highest BCUT2D eigenvalue weighted by atomic mass is 32.2. The largest absolute Gasteiger partial charge is 0.477 e. The van der Waals surface area contributed by atoms with Crippen molar-refractivity contribution in [3.8, 4) is 0 Å². The average Bonchev–Trinajstić information content (AvgIpc) is 3.38. The van der Waals surface area contributed by atoms with Gasteiger partial charge in [0.2, 0.25) is 11.5 Å². The van der Waals surface area contributed by atoms with E-state index >= 15 is 0 Å². The number of carbonyl (C=O) groups excluding carboxylic acids is 2. The van der Waals surface area contributed by atoms with Crippen molar-refractivity contribution in [3.63, 3.8) is 0 Å². The maximum absolute atomic E-state index is 12.5. The molecule has 2 aliphatic rings. The van der Waals surface area contributed by atoms with Gasteiger partial charge >= 0.3 is 5.97 Å². The number of thioether (sulfide) groups is 1. The minimum absolute atomic E-state index is 0.0505. The molecule has 40 heavy (non-hydrogen) atoms. The third-order valence-corrected chi connectivity index (χ3v) is 8.14. The molecule has 0 saturated carbocycles. The molecule has 1 aromatic heterocycles. The first-order valence-electron chi connectivity index (χ1n) is 13.5. The van der Waals surface area contributed by atoms with Crippen LogP contribution in [0.1, 0.15) is 65.1 Å². The molecule has 5 N–H and O–H groups in total. The van der Waals surface area contributed by atoms with Crippen molar-refractivity contribution in [2.75, 3.05) is 44.8 Å². The summed E-state index contributed by atoms with van der Waals surface area (Å²) >= 11 is 2.10. The molecule has 0 bridgehead atoms. The standard InChI is InChI=1S/C13H14N6O6S2.C12H27N/c1-25-17-5(8-16-13(14)27-18-8)9(21)15-6-10(22)19-7(12(23)24)4(2-20)3-26-11(6)19;1-4-7-10-13(11-8-5-2)12-9-6-3/h6,11,20H,2-3H2,1H3,(H,15,21)(H,23,24)(H2,14,16,18);4-12H2,1-3H3/b17-5-;/t6?,11-;/m0./s1. The summed E-state index contributed by atoms with van der Waals surface area (Å²) in [6.45, 7) is 10.3. The van der Waals surface area contributed by atoms with Crippen molar-refractivity contribution in [3.05, 3.63) is 17.1 Å². The number of rotatable bonds is 15. The number of aromatic nitrogens is 2. The zero-order chi connectivity index (χ0) is 29.7. The number of β-lactam (4-membered cyclic amide) rings is 1. The molecule has 13 nitrogen and oxygen atoms in total. The molecule has 1 saturated heterocycles. The molecule has 0 aliphatic carbocycles. The van der Waals surface area contributed by atoms with E-state index in [-0.39, 0.29) is 33.7 Å². The van der Waals surface area contributed by atoms with Crippen LogP contribution in [-0.2, 0) is 19.2 Å². The maximum Gasteiger partial charge on any atom is 0.352 e. The number of oxime groups is 1. The van der Waals surface area contributed by atoms with Crippen LogP contribution in [0.2, 0.25) is 0 Å². The molecule has 3 rings (SSSR count). The van der Waals surface area contributed by atoms with Crippen LogP contribution in [0.25, 0.3) is 0 Å². The van der Waals surface area contributed by atoms with Gasteiger partial charge in [-0.25, -0.2) is 4.79 Å². The van der Waals surface area contributed by atoms with Crippen molar-refractivity contribution in [2.45, 2.75) is 70.7 Å². The van der Waals surface area contributed by atoms with E-state index in [4.69, 9.17) is 5.73 Å². The predicted octanol–water partition coefficient (Wildman–Crippen LogP) is 1.89. The number of carboxylic acid groups (broad SMARTS) is 1. The monoisotopic (exact) mass is 599 g/mol. The molecular weight excluding hydrogens is 558 g/mol. The van der Waals surface area contributed by atoms with Gasteiger partial charge in [-0.1, -0.05) is 45.2 Å². The second-order valence-corrected chi connectivity index (χ2v) is 11.1. The first-order chi connectivity index (χ1) is 19.2. The van der Waals surface area contributed by atoms with Gasteiger partial charge < -0.3 is 31.0 Å². The maximum atomic E-state index is 12.5. The summed E-state index contributed by atoms with van der Waals surface area (Å²) in [4.78, 5) is 48.6. The summed E-state index contributed by atoms with van der Waals surface area (Å²) < 4.78 is 3.88. The fourth-order valence-electron chi connectivity index (χ4n) is 4.10. The van der Waals surface area contributed by atoms with Gasteiger partial charge in [0.15, 0.2) is 5.13 Å². The highest BCUT2D eigenvalue weighted by Crippen LogP contribution is 2.40. The summed E-state index contributed by atoms with van der Waals surface area (Å²) in [7, 11) is 1.23. The molecule has 0 radical (unpaired) electrons. The molecule has 1 fully saturated rings. The minimum Gasteiger partial charge on any atom is -0.477 e. The van der Waals surface area contributed by atoms with Gasteiger partial charge in [0.25, 0.3) is 11.8 Å². The van der Waals surface area contributed by atoms with Crippen LogP contribution in [-0.4, -0.2) is 103 Å². The lowest BCUT2D eigenvalue weighted by molar-refractivity contribution is -0.150.